The zero-order chi connectivity index (χ0) is 8.32. The monoisotopic (exact) mass is 156 g/mol. The van der Waals surface area contributed by atoms with Crippen LogP contribution in [0.15, 0.2) is 0 Å². The highest BCUT2D eigenvalue weighted by atomic mass is 15.3. The molecule has 2 heteroatoms. The van der Waals surface area contributed by atoms with Gasteiger partial charge in [-0.2, -0.15) is 0 Å². The molecule has 0 aromatic heterocycles. The summed E-state index contributed by atoms with van der Waals surface area (Å²) in [5.74, 6) is 0. The van der Waals surface area contributed by atoms with E-state index in [4.69, 9.17) is 0 Å². The highest BCUT2D eigenvalue weighted by molar-refractivity contribution is 4.89. The van der Waals surface area contributed by atoms with Crippen molar-refractivity contribution < 1.29 is 0 Å². The average Bonchev–Trinajstić information content (AvgIpc) is 2.52. The van der Waals surface area contributed by atoms with Crippen LogP contribution in [0.2, 0.25) is 0 Å². The molecule has 0 aromatic rings. The molecule has 0 amide bonds. The highest BCUT2D eigenvalue weighted by Crippen LogP contribution is 2.31. The second-order valence-corrected chi connectivity index (χ2v) is 3.50. The van der Waals surface area contributed by atoms with Gasteiger partial charge in [-0.25, -0.2) is 0 Å². The first kappa shape index (κ1) is 9.01. The van der Waals surface area contributed by atoms with Gasteiger partial charge in [0.05, 0.1) is 5.66 Å². The zero-order valence-corrected chi connectivity index (χ0v) is 7.98. The molecule has 1 aliphatic rings. The van der Waals surface area contributed by atoms with Gasteiger partial charge in [0.25, 0.3) is 0 Å². The molecule has 0 aromatic carbocycles. The quantitative estimate of drug-likeness (QED) is 0.622. The normalized spacial score (nSPS) is 22.9. The van der Waals surface area contributed by atoms with Crippen LogP contribution in [0.25, 0.3) is 0 Å². The molecule has 0 radical (unpaired) electrons. The van der Waals surface area contributed by atoms with Gasteiger partial charge in [-0.15, -0.1) is 0 Å². The number of nitrogens with zero attached hydrogens (tertiary/aromatic N) is 1. The summed E-state index contributed by atoms with van der Waals surface area (Å²) in [5, 5.41) is 3.45. The van der Waals surface area contributed by atoms with Crippen molar-refractivity contribution in [3.8, 4) is 0 Å². The summed E-state index contributed by atoms with van der Waals surface area (Å²) in [6, 6.07) is 0. The van der Waals surface area contributed by atoms with Gasteiger partial charge in [0, 0.05) is 0 Å². The van der Waals surface area contributed by atoms with Crippen molar-refractivity contribution in [3.63, 3.8) is 0 Å². The van der Waals surface area contributed by atoms with E-state index in [0.29, 0.717) is 5.66 Å². The summed E-state index contributed by atoms with van der Waals surface area (Å²) < 4.78 is 0. The number of nitrogens with one attached hydrogen (secondary N) is 1. The summed E-state index contributed by atoms with van der Waals surface area (Å²) in [5.41, 5.74) is 0.328. The number of hydrogen-bond donors (Lipinski definition) is 1. The van der Waals surface area contributed by atoms with Crippen LogP contribution >= 0.6 is 0 Å². The van der Waals surface area contributed by atoms with Crippen molar-refractivity contribution in [2.75, 3.05) is 20.6 Å². The Morgan fingerprint density at radius 1 is 1.36 bits per heavy atom. The minimum Gasteiger partial charge on any atom is -0.302 e. The Morgan fingerprint density at radius 2 is 1.91 bits per heavy atom. The molecule has 0 heterocycles. The first-order valence-electron chi connectivity index (χ1n) is 4.65. The molecule has 0 bridgehead atoms. The predicted octanol–water partition coefficient (Wildman–Crippen LogP) is 1.43. The molecular weight excluding hydrogens is 136 g/mol. The molecule has 0 aliphatic heterocycles. The van der Waals surface area contributed by atoms with Crippen LogP contribution in [0.3, 0.4) is 0 Å². The first-order valence-corrected chi connectivity index (χ1v) is 4.65. The van der Waals surface area contributed by atoms with Gasteiger partial charge in [0.15, 0.2) is 0 Å². The Hall–Kier alpha value is -0.0800. The lowest BCUT2D eigenvalue weighted by molar-refractivity contribution is 0.101. The van der Waals surface area contributed by atoms with Crippen molar-refractivity contribution in [1.82, 2.24) is 10.2 Å². The first-order chi connectivity index (χ1) is 5.25. The molecule has 1 fully saturated rings. The van der Waals surface area contributed by atoms with Gasteiger partial charge in [0.2, 0.25) is 0 Å². The summed E-state index contributed by atoms with van der Waals surface area (Å²) in [4.78, 5) is 2.43. The average molecular weight is 156 g/mol. The lowest BCUT2D eigenvalue weighted by atomic mass is 10.1. The van der Waals surface area contributed by atoms with Crippen molar-refractivity contribution in [1.29, 1.82) is 0 Å². The lowest BCUT2D eigenvalue weighted by Gasteiger charge is -2.38. The van der Waals surface area contributed by atoms with E-state index in [1.54, 1.807) is 0 Å². The van der Waals surface area contributed by atoms with Crippen LogP contribution in [0, 0.1) is 0 Å². The fourth-order valence-corrected chi connectivity index (χ4v) is 2.09. The minimum atomic E-state index is 0.328. The Balaban J connectivity index is 2.58. The van der Waals surface area contributed by atoms with E-state index in [1.807, 2.05) is 0 Å². The van der Waals surface area contributed by atoms with Crippen LogP contribution in [0.5, 0.6) is 0 Å². The van der Waals surface area contributed by atoms with Crippen LogP contribution in [0.1, 0.15) is 32.6 Å². The van der Waals surface area contributed by atoms with Crippen LogP contribution in [-0.2, 0) is 0 Å². The van der Waals surface area contributed by atoms with Crippen molar-refractivity contribution in [2.45, 2.75) is 38.3 Å². The van der Waals surface area contributed by atoms with E-state index in [9.17, 15) is 0 Å². The maximum absolute atomic E-state index is 3.45. The third kappa shape index (κ3) is 1.57. The van der Waals surface area contributed by atoms with Gasteiger partial charge < -0.3 is 5.32 Å². The molecule has 1 saturated carbocycles. The van der Waals surface area contributed by atoms with Crippen LogP contribution in [0.4, 0.5) is 0 Å². The summed E-state index contributed by atoms with van der Waals surface area (Å²) >= 11 is 0. The topological polar surface area (TPSA) is 15.3 Å². The molecule has 1 rings (SSSR count). The third-order valence-corrected chi connectivity index (χ3v) is 3.10. The second-order valence-electron chi connectivity index (χ2n) is 3.50. The molecule has 2 nitrogen and oxygen atoms in total. The SMILES string of the molecule is CCN(C)C1(NC)CCCC1. The van der Waals surface area contributed by atoms with E-state index in [-0.39, 0.29) is 0 Å². The minimum absolute atomic E-state index is 0.328. The van der Waals surface area contributed by atoms with Gasteiger partial charge in [0.1, 0.15) is 0 Å². The standard InChI is InChI=1S/C9H20N2/c1-4-11(3)9(10-2)7-5-6-8-9/h10H,4-8H2,1-3H3. The molecule has 66 valence electrons. The number of rotatable bonds is 3. The van der Waals surface area contributed by atoms with Crippen molar-refractivity contribution in [2.24, 2.45) is 0 Å². The van der Waals surface area contributed by atoms with E-state index < -0.39 is 0 Å². The van der Waals surface area contributed by atoms with E-state index in [0.717, 1.165) is 6.54 Å². The molecule has 1 N–H and O–H groups in total. The molecule has 0 unspecified atom stereocenters. The predicted molar refractivity (Wildman–Crippen MR) is 48.6 cm³/mol. The molecule has 1 aliphatic carbocycles. The molecule has 0 spiro atoms. The van der Waals surface area contributed by atoms with Gasteiger partial charge in [-0.3, -0.25) is 4.90 Å². The Kier molecular flexibility index (Phi) is 2.90. The van der Waals surface area contributed by atoms with E-state index >= 15 is 0 Å². The lowest BCUT2D eigenvalue weighted by Crippen LogP contribution is -2.53. The maximum Gasteiger partial charge on any atom is 0.0707 e. The van der Waals surface area contributed by atoms with E-state index in [1.165, 1.54) is 25.7 Å². The maximum atomic E-state index is 3.45. The van der Waals surface area contributed by atoms with Crippen molar-refractivity contribution >= 4 is 0 Å². The molecule has 0 atom stereocenters. The largest absolute Gasteiger partial charge is 0.302 e. The highest BCUT2D eigenvalue weighted by Gasteiger charge is 2.34. The van der Waals surface area contributed by atoms with Crippen LogP contribution in [-0.4, -0.2) is 31.2 Å². The number of hydrogen-bond acceptors (Lipinski definition) is 2. The van der Waals surface area contributed by atoms with Gasteiger partial charge >= 0.3 is 0 Å². The fraction of sp³-hybridized carbons (Fsp3) is 1.00. The fourth-order valence-electron chi connectivity index (χ4n) is 2.09. The Morgan fingerprint density at radius 3 is 2.27 bits per heavy atom. The smallest absolute Gasteiger partial charge is 0.0707 e. The summed E-state index contributed by atoms with van der Waals surface area (Å²) in [6.45, 7) is 3.36. The Labute approximate surface area is 70.0 Å². The Bertz CT molecular complexity index is 117. The summed E-state index contributed by atoms with van der Waals surface area (Å²) in [6.07, 6.45) is 5.39. The van der Waals surface area contributed by atoms with Crippen LogP contribution < -0.4 is 5.32 Å². The molecular formula is C9H20N2. The van der Waals surface area contributed by atoms with Gasteiger partial charge in [-0.05, 0) is 33.5 Å². The van der Waals surface area contributed by atoms with Crippen molar-refractivity contribution in [3.05, 3.63) is 0 Å². The molecule has 11 heavy (non-hydrogen) atoms. The zero-order valence-electron chi connectivity index (χ0n) is 7.98. The second kappa shape index (κ2) is 3.55. The van der Waals surface area contributed by atoms with Gasteiger partial charge in [-0.1, -0.05) is 19.8 Å². The third-order valence-electron chi connectivity index (χ3n) is 3.10. The molecule has 0 saturated heterocycles. The van der Waals surface area contributed by atoms with E-state index in [2.05, 4.69) is 31.2 Å². The summed E-state index contributed by atoms with van der Waals surface area (Å²) in [7, 11) is 4.29.